The van der Waals surface area contributed by atoms with Crippen LogP contribution in [0.4, 0.5) is 0 Å². The number of hydrogen-bond acceptors (Lipinski definition) is 5. The van der Waals surface area contributed by atoms with Gasteiger partial charge in [-0.3, -0.25) is 0 Å². The van der Waals surface area contributed by atoms with Gasteiger partial charge in [0, 0.05) is 18.3 Å². The molecule has 3 rings (SSSR count). The van der Waals surface area contributed by atoms with E-state index in [1.54, 1.807) is 36.5 Å². The summed E-state index contributed by atoms with van der Waals surface area (Å²) in [5.41, 5.74) is 1.49. The third kappa shape index (κ3) is 1.65. The van der Waals surface area contributed by atoms with Gasteiger partial charge in [-0.1, -0.05) is 6.07 Å². The number of benzene rings is 1. The predicted molar refractivity (Wildman–Crippen MR) is 67.3 cm³/mol. The minimum absolute atomic E-state index is 0.247. The van der Waals surface area contributed by atoms with Crippen LogP contribution in [0.5, 0.6) is 0 Å². The molecule has 0 saturated carbocycles. The van der Waals surface area contributed by atoms with Crippen LogP contribution in [0, 0.1) is 5.21 Å². The van der Waals surface area contributed by atoms with Gasteiger partial charge >= 0.3 is 5.97 Å². The molecule has 0 aliphatic heterocycles. The number of para-hydroxylation sites is 1. The molecular formula is C13H9N3O3. The third-order valence-corrected chi connectivity index (χ3v) is 2.84. The maximum Gasteiger partial charge on any atom is 0.340 e. The first-order valence-corrected chi connectivity index (χ1v) is 5.57. The average Bonchev–Trinajstić information content (AvgIpc) is 2.46. The summed E-state index contributed by atoms with van der Waals surface area (Å²) < 4.78 is 5.41. The van der Waals surface area contributed by atoms with Crippen LogP contribution >= 0.6 is 0 Å². The summed E-state index contributed by atoms with van der Waals surface area (Å²) in [6.45, 7) is 0. The minimum Gasteiger partial charge on any atom is -0.618 e. The van der Waals surface area contributed by atoms with Crippen molar-refractivity contribution in [3.8, 4) is 0 Å². The second kappa shape index (κ2) is 4.16. The summed E-state index contributed by atoms with van der Waals surface area (Å²) in [5.74, 6) is -0.534. The Hall–Kier alpha value is -2.76. The van der Waals surface area contributed by atoms with Crippen LogP contribution < -0.4 is 4.73 Å². The SMILES string of the molecule is COC(=O)c1cccc2c1nc1ncccc1[n+]2[O-]. The van der Waals surface area contributed by atoms with Crippen LogP contribution in [0.25, 0.3) is 22.2 Å². The smallest absolute Gasteiger partial charge is 0.340 e. The highest BCUT2D eigenvalue weighted by molar-refractivity contribution is 6.01. The van der Waals surface area contributed by atoms with Crippen molar-refractivity contribution in [2.45, 2.75) is 0 Å². The number of nitrogens with zero attached hydrogens (tertiary/aromatic N) is 3. The number of carbonyl (C=O) groups excluding carboxylic acids is 1. The molecule has 19 heavy (non-hydrogen) atoms. The Labute approximate surface area is 107 Å². The lowest BCUT2D eigenvalue weighted by Gasteiger charge is -2.06. The second-order valence-corrected chi connectivity index (χ2v) is 3.92. The van der Waals surface area contributed by atoms with Crippen LogP contribution in [-0.4, -0.2) is 23.0 Å². The quantitative estimate of drug-likeness (QED) is 0.282. The van der Waals surface area contributed by atoms with Gasteiger partial charge in [0.25, 0.3) is 5.52 Å². The maximum atomic E-state index is 12.2. The molecule has 1 aromatic carbocycles. The summed E-state index contributed by atoms with van der Waals surface area (Å²) in [7, 11) is 1.28. The predicted octanol–water partition coefficient (Wildman–Crippen LogP) is 1.20. The Balaban J connectivity index is 2.47. The normalized spacial score (nSPS) is 10.8. The molecule has 0 bridgehead atoms. The Morgan fingerprint density at radius 1 is 1.26 bits per heavy atom. The minimum atomic E-state index is -0.534. The van der Waals surface area contributed by atoms with E-state index in [-0.39, 0.29) is 11.1 Å². The molecular weight excluding hydrogens is 246 g/mol. The van der Waals surface area contributed by atoms with Gasteiger partial charge in [0.05, 0.1) is 12.7 Å². The highest BCUT2D eigenvalue weighted by Crippen LogP contribution is 2.17. The molecule has 0 unspecified atom stereocenters. The standard InChI is InChI=1S/C13H9N3O3/c1-19-13(17)8-4-2-5-9-11(8)15-12-10(16(9)18)6-3-7-14-12/h2-7H,1H3. The largest absolute Gasteiger partial charge is 0.618 e. The van der Waals surface area contributed by atoms with E-state index in [0.29, 0.717) is 16.7 Å². The molecule has 6 heteroatoms. The number of hydrogen-bond donors (Lipinski definition) is 0. The molecule has 2 heterocycles. The van der Waals surface area contributed by atoms with Crippen molar-refractivity contribution >= 4 is 28.2 Å². The molecule has 0 atom stereocenters. The molecule has 2 aromatic heterocycles. The highest BCUT2D eigenvalue weighted by atomic mass is 16.5. The fraction of sp³-hybridized carbons (Fsp3) is 0.0769. The zero-order valence-electron chi connectivity index (χ0n) is 10.0. The molecule has 6 nitrogen and oxygen atoms in total. The fourth-order valence-electron chi connectivity index (χ4n) is 1.96. The van der Waals surface area contributed by atoms with Crippen molar-refractivity contribution in [3.05, 3.63) is 47.3 Å². The first-order valence-electron chi connectivity index (χ1n) is 5.57. The molecule has 0 aliphatic rings. The number of aromatic nitrogens is 3. The number of methoxy groups -OCH3 is 1. The topological polar surface area (TPSA) is 79.0 Å². The third-order valence-electron chi connectivity index (χ3n) is 2.84. The molecule has 0 saturated heterocycles. The lowest BCUT2D eigenvalue weighted by molar-refractivity contribution is -0.548. The van der Waals surface area contributed by atoms with E-state index in [4.69, 9.17) is 0 Å². The zero-order chi connectivity index (χ0) is 13.4. The van der Waals surface area contributed by atoms with Crippen LogP contribution in [0.2, 0.25) is 0 Å². The first kappa shape index (κ1) is 11.3. The number of carbonyl (C=O) groups is 1. The van der Waals surface area contributed by atoms with Crippen LogP contribution in [0.15, 0.2) is 36.5 Å². The highest BCUT2D eigenvalue weighted by Gasteiger charge is 2.19. The van der Waals surface area contributed by atoms with E-state index in [9.17, 15) is 10.0 Å². The van der Waals surface area contributed by atoms with E-state index < -0.39 is 5.97 Å². The van der Waals surface area contributed by atoms with E-state index in [1.807, 2.05) is 0 Å². The monoisotopic (exact) mass is 255 g/mol. The summed E-state index contributed by atoms with van der Waals surface area (Å²) in [6, 6.07) is 8.08. The summed E-state index contributed by atoms with van der Waals surface area (Å²) in [4.78, 5) is 20.0. The zero-order valence-corrected chi connectivity index (χ0v) is 10.0. The molecule has 0 amide bonds. The number of pyridine rings is 1. The lowest BCUT2D eigenvalue weighted by atomic mass is 10.1. The van der Waals surface area contributed by atoms with Gasteiger partial charge in [-0.05, 0) is 12.1 Å². The Morgan fingerprint density at radius 2 is 2.05 bits per heavy atom. The summed E-state index contributed by atoms with van der Waals surface area (Å²) in [5, 5.41) is 12.2. The van der Waals surface area contributed by atoms with Crippen molar-refractivity contribution in [2.75, 3.05) is 7.11 Å². The second-order valence-electron chi connectivity index (χ2n) is 3.92. The van der Waals surface area contributed by atoms with Crippen molar-refractivity contribution in [1.29, 1.82) is 0 Å². The molecule has 0 radical (unpaired) electrons. The van der Waals surface area contributed by atoms with Crippen LogP contribution in [-0.2, 0) is 4.74 Å². The molecule has 94 valence electrons. The van der Waals surface area contributed by atoms with Gasteiger partial charge in [-0.15, -0.1) is 0 Å². The van der Waals surface area contributed by atoms with Crippen molar-refractivity contribution < 1.29 is 14.3 Å². The molecule has 3 aromatic rings. The van der Waals surface area contributed by atoms with E-state index in [2.05, 4.69) is 14.7 Å². The van der Waals surface area contributed by atoms with Crippen LogP contribution in [0.3, 0.4) is 0 Å². The van der Waals surface area contributed by atoms with Gasteiger partial charge in [-0.25, -0.2) is 14.8 Å². The van der Waals surface area contributed by atoms with E-state index in [1.165, 1.54) is 7.11 Å². The lowest BCUT2D eigenvalue weighted by Crippen LogP contribution is -2.29. The number of ether oxygens (including phenoxy) is 1. The van der Waals surface area contributed by atoms with Crippen molar-refractivity contribution in [2.24, 2.45) is 0 Å². The summed E-state index contributed by atoms with van der Waals surface area (Å²) in [6.07, 6.45) is 1.54. The van der Waals surface area contributed by atoms with Crippen molar-refractivity contribution in [3.63, 3.8) is 0 Å². The molecule has 0 N–H and O–H groups in total. The van der Waals surface area contributed by atoms with Gasteiger partial charge in [0.2, 0.25) is 11.2 Å². The number of rotatable bonds is 1. The van der Waals surface area contributed by atoms with Gasteiger partial charge in [0.15, 0.2) is 5.52 Å². The number of esters is 1. The van der Waals surface area contributed by atoms with Crippen molar-refractivity contribution in [1.82, 2.24) is 9.97 Å². The van der Waals surface area contributed by atoms with Gasteiger partial charge < -0.3 is 9.94 Å². The summed E-state index contributed by atoms with van der Waals surface area (Å²) >= 11 is 0. The Morgan fingerprint density at radius 3 is 2.84 bits per heavy atom. The Bertz CT molecular complexity index is 802. The van der Waals surface area contributed by atoms with Crippen LogP contribution in [0.1, 0.15) is 10.4 Å². The van der Waals surface area contributed by atoms with E-state index in [0.717, 1.165) is 4.73 Å². The van der Waals surface area contributed by atoms with Gasteiger partial charge in [0.1, 0.15) is 0 Å². The van der Waals surface area contributed by atoms with E-state index >= 15 is 0 Å². The first-order chi connectivity index (χ1) is 9.22. The molecule has 0 fully saturated rings. The average molecular weight is 255 g/mol. The maximum absolute atomic E-state index is 12.2. The van der Waals surface area contributed by atoms with Gasteiger partial charge in [-0.2, -0.15) is 4.73 Å². The fourth-order valence-corrected chi connectivity index (χ4v) is 1.96. The molecule has 0 spiro atoms. The molecule has 0 aliphatic carbocycles. The number of fused-ring (bicyclic) bond motifs is 2. The Kier molecular flexibility index (Phi) is 2.49.